The maximum atomic E-state index is 11.9. The molecule has 0 unspecified atom stereocenters. The van der Waals surface area contributed by atoms with Crippen molar-refractivity contribution < 1.29 is 9.53 Å². The Hall–Kier alpha value is -2.36. The maximum Gasteiger partial charge on any atom is 0.338 e. The molecule has 0 N–H and O–H groups in total. The molecule has 0 bridgehead atoms. The highest BCUT2D eigenvalue weighted by Crippen LogP contribution is 2.08. The van der Waals surface area contributed by atoms with Gasteiger partial charge in [0, 0.05) is 12.3 Å². The summed E-state index contributed by atoms with van der Waals surface area (Å²) in [5.74, 6) is -0.324. The van der Waals surface area contributed by atoms with E-state index in [2.05, 4.69) is 0 Å². The van der Waals surface area contributed by atoms with Crippen LogP contribution in [0.5, 0.6) is 0 Å². The molecule has 2 aromatic rings. The lowest BCUT2D eigenvalue weighted by molar-refractivity contribution is 0.0505. The van der Waals surface area contributed by atoms with Crippen LogP contribution in [0.3, 0.4) is 0 Å². The number of carbonyl (C=O) groups excluding carboxylic acids is 1. The van der Waals surface area contributed by atoms with E-state index >= 15 is 0 Å². The number of rotatable bonds is 5. The van der Waals surface area contributed by atoms with Crippen LogP contribution in [-0.2, 0) is 11.3 Å². The van der Waals surface area contributed by atoms with E-state index in [0.29, 0.717) is 18.7 Å². The van der Waals surface area contributed by atoms with Crippen LogP contribution in [0.1, 0.15) is 34.8 Å². The number of nitrogens with zero attached hydrogens (tertiary/aromatic N) is 1. The van der Waals surface area contributed by atoms with Crippen LogP contribution in [0.2, 0.25) is 0 Å². The van der Waals surface area contributed by atoms with E-state index in [4.69, 9.17) is 4.74 Å². The summed E-state index contributed by atoms with van der Waals surface area (Å²) < 4.78 is 6.73. The van der Waals surface area contributed by atoms with Crippen molar-refractivity contribution in [1.82, 2.24) is 4.57 Å². The second-order valence-electron chi connectivity index (χ2n) is 5.01. The Balaban J connectivity index is 2.17. The largest absolute Gasteiger partial charge is 0.462 e. The zero-order chi connectivity index (χ0) is 15.2. The molecule has 1 aromatic carbocycles. The van der Waals surface area contributed by atoms with E-state index in [1.807, 2.05) is 26.0 Å². The summed E-state index contributed by atoms with van der Waals surface area (Å²) in [5, 5.41) is 0. The molecule has 0 radical (unpaired) electrons. The number of ether oxygens (including phenoxy) is 1. The summed E-state index contributed by atoms with van der Waals surface area (Å²) in [7, 11) is 0. The van der Waals surface area contributed by atoms with Crippen LogP contribution in [-0.4, -0.2) is 17.1 Å². The van der Waals surface area contributed by atoms with Crippen LogP contribution in [0.15, 0.2) is 47.4 Å². The van der Waals surface area contributed by atoms with Gasteiger partial charge in [-0.05, 0) is 42.7 Å². The number of esters is 1. The van der Waals surface area contributed by atoms with Crippen molar-refractivity contribution in [3.63, 3.8) is 0 Å². The topological polar surface area (TPSA) is 48.3 Å². The zero-order valence-electron chi connectivity index (χ0n) is 12.3. The van der Waals surface area contributed by atoms with Gasteiger partial charge < -0.3 is 9.30 Å². The second kappa shape index (κ2) is 6.88. The third-order valence-electron chi connectivity index (χ3n) is 3.10. The number of hydrogen-bond donors (Lipinski definition) is 0. The molecule has 110 valence electrons. The molecule has 4 nitrogen and oxygen atoms in total. The maximum absolute atomic E-state index is 11.9. The van der Waals surface area contributed by atoms with Crippen molar-refractivity contribution in [3.05, 3.63) is 69.6 Å². The smallest absolute Gasteiger partial charge is 0.338 e. The average Bonchev–Trinajstić information content (AvgIpc) is 2.48. The summed E-state index contributed by atoms with van der Waals surface area (Å²) >= 11 is 0. The van der Waals surface area contributed by atoms with Crippen molar-refractivity contribution in [2.45, 2.75) is 26.8 Å². The van der Waals surface area contributed by atoms with Crippen molar-refractivity contribution in [3.8, 4) is 0 Å². The number of carbonyl (C=O) groups is 1. The fraction of sp³-hybridized carbons (Fsp3) is 0.294. The minimum absolute atomic E-state index is 0.0473. The van der Waals surface area contributed by atoms with Gasteiger partial charge in [0.05, 0.1) is 18.7 Å². The molecule has 0 aliphatic rings. The highest BCUT2D eigenvalue weighted by atomic mass is 16.5. The van der Waals surface area contributed by atoms with Crippen LogP contribution in [0.25, 0.3) is 0 Å². The first-order chi connectivity index (χ1) is 10.1. The van der Waals surface area contributed by atoms with Crippen LogP contribution in [0, 0.1) is 6.92 Å². The quantitative estimate of drug-likeness (QED) is 0.794. The fourth-order valence-electron chi connectivity index (χ4n) is 2.01. The second-order valence-corrected chi connectivity index (χ2v) is 5.01. The highest BCUT2D eigenvalue weighted by Gasteiger charge is 2.07. The third-order valence-corrected chi connectivity index (χ3v) is 3.10. The summed E-state index contributed by atoms with van der Waals surface area (Å²) in [4.78, 5) is 23.7. The van der Waals surface area contributed by atoms with Crippen LogP contribution in [0.4, 0.5) is 0 Å². The lowest BCUT2D eigenvalue weighted by Crippen LogP contribution is -2.19. The Morgan fingerprint density at radius 1 is 1.24 bits per heavy atom. The molecule has 0 atom stereocenters. The number of pyridine rings is 1. The summed E-state index contributed by atoms with van der Waals surface area (Å²) in [6.07, 6.45) is 2.56. The molecule has 0 spiro atoms. The molecule has 2 rings (SSSR count). The minimum atomic E-state index is -0.324. The van der Waals surface area contributed by atoms with Gasteiger partial charge in [-0.2, -0.15) is 0 Å². The third kappa shape index (κ3) is 4.05. The van der Waals surface area contributed by atoms with Crippen molar-refractivity contribution in [1.29, 1.82) is 0 Å². The Labute approximate surface area is 124 Å². The molecule has 0 aliphatic carbocycles. The van der Waals surface area contributed by atoms with Gasteiger partial charge >= 0.3 is 5.97 Å². The van der Waals surface area contributed by atoms with E-state index in [-0.39, 0.29) is 11.5 Å². The van der Waals surface area contributed by atoms with Gasteiger partial charge in [-0.1, -0.05) is 19.1 Å². The van der Waals surface area contributed by atoms with E-state index < -0.39 is 0 Å². The zero-order valence-corrected chi connectivity index (χ0v) is 12.3. The number of benzene rings is 1. The summed E-state index contributed by atoms with van der Waals surface area (Å²) in [5.41, 5.74) is 2.30. The van der Waals surface area contributed by atoms with Gasteiger partial charge in [0.1, 0.15) is 0 Å². The molecule has 0 saturated heterocycles. The van der Waals surface area contributed by atoms with Gasteiger partial charge in [0.15, 0.2) is 0 Å². The summed E-state index contributed by atoms with van der Waals surface area (Å²) in [6.45, 7) is 4.69. The van der Waals surface area contributed by atoms with Crippen molar-refractivity contribution in [2.24, 2.45) is 0 Å². The molecular weight excluding hydrogens is 266 g/mol. The Morgan fingerprint density at radius 3 is 2.76 bits per heavy atom. The highest BCUT2D eigenvalue weighted by molar-refractivity contribution is 5.89. The lowest BCUT2D eigenvalue weighted by Gasteiger charge is -2.08. The predicted octanol–water partition coefficient (Wildman–Crippen LogP) is 2.77. The molecule has 1 heterocycles. The summed E-state index contributed by atoms with van der Waals surface area (Å²) in [6, 6.07) is 10.7. The lowest BCUT2D eigenvalue weighted by atomic mass is 10.1. The van der Waals surface area contributed by atoms with E-state index in [9.17, 15) is 9.59 Å². The van der Waals surface area contributed by atoms with Crippen LogP contribution >= 0.6 is 0 Å². The first-order valence-corrected chi connectivity index (χ1v) is 7.03. The molecule has 0 fully saturated rings. The number of hydrogen-bond acceptors (Lipinski definition) is 3. The molecule has 4 heteroatoms. The molecular formula is C17H19NO3. The van der Waals surface area contributed by atoms with E-state index in [0.717, 1.165) is 17.5 Å². The minimum Gasteiger partial charge on any atom is -0.462 e. The van der Waals surface area contributed by atoms with E-state index in [1.165, 1.54) is 0 Å². The first-order valence-electron chi connectivity index (χ1n) is 7.03. The SMILES string of the molecule is CCCOC(=O)c1cccc(Cn2ccc(C)cc2=O)c1. The van der Waals surface area contributed by atoms with Gasteiger partial charge in [-0.25, -0.2) is 4.79 Å². The predicted molar refractivity (Wildman–Crippen MR) is 81.6 cm³/mol. The van der Waals surface area contributed by atoms with Gasteiger partial charge in [0.25, 0.3) is 5.56 Å². The van der Waals surface area contributed by atoms with Crippen molar-refractivity contribution >= 4 is 5.97 Å². The molecule has 1 aromatic heterocycles. The monoisotopic (exact) mass is 285 g/mol. The number of aryl methyl sites for hydroxylation is 1. The molecule has 0 saturated carbocycles. The van der Waals surface area contributed by atoms with Gasteiger partial charge in [0.2, 0.25) is 0 Å². The van der Waals surface area contributed by atoms with Gasteiger partial charge in [-0.15, -0.1) is 0 Å². The first kappa shape index (κ1) is 15.0. The molecule has 21 heavy (non-hydrogen) atoms. The normalized spacial score (nSPS) is 10.4. The van der Waals surface area contributed by atoms with Crippen molar-refractivity contribution in [2.75, 3.05) is 6.61 Å². The fourth-order valence-corrected chi connectivity index (χ4v) is 2.01. The van der Waals surface area contributed by atoms with E-state index in [1.54, 1.807) is 35.0 Å². The number of aromatic nitrogens is 1. The molecule has 0 aliphatic heterocycles. The average molecular weight is 285 g/mol. The Morgan fingerprint density at radius 2 is 2.05 bits per heavy atom. The Kier molecular flexibility index (Phi) is 4.93. The molecule has 0 amide bonds. The van der Waals surface area contributed by atoms with Crippen LogP contribution < -0.4 is 5.56 Å². The van der Waals surface area contributed by atoms with Gasteiger partial charge in [-0.3, -0.25) is 4.79 Å². The Bertz CT molecular complexity index is 688. The standard InChI is InChI=1S/C17H19NO3/c1-3-9-21-17(20)15-6-4-5-14(11-15)12-18-8-7-13(2)10-16(18)19/h4-8,10-11H,3,9,12H2,1-2H3.